The maximum atomic E-state index is 9.23. The van der Waals surface area contributed by atoms with Crippen LogP contribution in [0.5, 0.6) is 11.8 Å². The molecule has 0 unspecified atom stereocenters. The first-order valence-electron chi connectivity index (χ1n) is 8.88. The Balaban J connectivity index is 1.20. The first kappa shape index (κ1) is 16.5. The number of benzene rings is 1. The molecule has 140 valence electrons. The Hall–Kier alpha value is -3.68. The number of oxazole rings is 1. The van der Waals surface area contributed by atoms with Crippen LogP contribution in [0.25, 0.3) is 22.8 Å². The van der Waals surface area contributed by atoms with Gasteiger partial charge in [0.1, 0.15) is 11.8 Å². The molecule has 3 heterocycles. The summed E-state index contributed by atoms with van der Waals surface area (Å²) in [5.41, 5.74) is 2.77. The van der Waals surface area contributed by atoms with Crippen LogP contribution in [-0.4, -0.2) is 31.3 Å². The maximum absolute atomic E-state index is 9.23. The van der Waals surface area contributed by atoms with Crippen molar-refractivity contribution in [1.82, 2.24) is 20.1 Å². The number of hydrogen-bond acceptors (Lipinski definition) is 8. The molecular formula is C20H16N4O4. The molecule has 28 heavy (non-hydrogen) atoms. The molecule has 8 nitrogen and oxygen atoms in total. The third kappa shape index (κ3) is 3.20. The Kier molecular flexibility index (Phi) is 4.01. The summed E-state index contributed by atoms with van der Waals surface area (Å²) in [4.78, 5) is 12.5. The Morgan fingerprint density at radius 1 is 1.04 bits per heavy atom. The van der Waals surface area contributed by atoms with E-state index in [1.54, 1.807) is 12.4 Å². The second kappa shape index (κ2) is 6.80. The third-order valence-corrected chi connectivity index (χ3v) is 4.84. The van der Waals surface area contributed by atoms with Crippen molar-refractivity contribution < 1.29 is 18.8 Å². The van der Waals surface area contributed by atoms with Gasteiger partial charge in [0.15, 0.2) is 17.9 Å². The SMILES string of the molecule is Oc1cc(-c2cnc(O[C@H]3C[C@@H](c4cccc(-c5cnco5)c4)C3)cn2)on1. The molecule has 0 atom stereocenters. The van der Waals surface area contributed by atoms with Crippen LogP contribution in [0.3, 0.4) is 0 Å². The third-order valence-electron chi connectivity index (χ3n) is 4.84. The van der Waals surface area contributed by atoms with Crippen LogP contribution in [0, 0.1) is 0 Å². The monoisotopic (exact) mass is 376 g/mol. The van der Waals surface area contributed by atoms with Crippen molar-refractivity contribution >= 4 is 0 Å². The van der Waals surface area contributed by atoms with Crippen molar-refractivity contribution in [3.05, 3.63) is 60.9 Å². The van der Waals surface area contributed by atoms with Gasteiger partial charge in [-0.15, -0.1) is 0 Å². The van der Waals surface area contributed by atoms with Crippen LogP contribution >= 0.6 is 0 Å². The van der Waals surface area contributed by atoms with Crippen molar-refractivity contribution in [2.24, 2.45) is 0 Å². The fourth-order valence-electron chi connectivity index (χ4n) is 3.30. The Morgan fingerprint density at radius 2 is 1.96 bits per heavy atom. The number of ether oxygens (including phenoxy) is 1. The topological polar surface area (TPSA) is 107 Å². The molecule has 1 saturated carbocycles. The van der Waals surface area contributed by atoms with Gasteiger partial charge in [0.2, 0.25) is 5.88 Å². The zero-order valence-corrected chi connectivity index (χ0v) is 14.7. The Bertz CT molecular complexity index is 1070. The minimum atomic E-state index is -0.190. The van der Waals surface area contributed by atoms with Crippen molar-refractivity contribution in [3.63, 3.8) is 0 Å². The minimum Gasteiger partial charge on any atom is -0.491 e. The van der Waals surface area contributed by atoms with Gasteiger partial charge in [0.25, 0.3) is 5.88 Å². The molecule has 0 amide bonds. The van der Waals surface area contributed by atoms with E-state index in [0.717, 1.165) is 24.2 Å². The molecule has 0 bridgehead atoms. The van der Waals surface area contributed by atoms with Gasteiger partial charge in [0.05, 0.1) is 24.7 Å². The predicted molar refractivity (Wildman–Crippen MR) is 97.5 cm³/mol. The lowest BCUT2D eigenvalue weighted by Gasteiger charge is -2.35. The van der Waals surface area contributed by atoms with Crippen molar-refractivity contribution in [2.45, 2.75) is 24.9 Å². The van der Waals surface area contributed by atoms with Gasteiger partial charge in [0, 0.05) is 5.56 Å². The maximum Gasteiger partial charge on any atom is 0.252 e. The van der Waals surface area contributed by atoms with Gasteiger partial charge in [-0.3, -0.25) is 0 Å². The average Bonchev–Trinajstić information content (AvgIpc) is 3.37. The lowest BCUT2D eigenvalue weighted by molar-refractivity contribution is 0.0931. The Labute approximate surface area is 159 Å². The van der Waals surface area contributed by atoms with E-state index in [-0.39, 0.29) is 12.0 Å². The first-order valence-corrected chi connectivity index (χ1v) is 8.88. The molecular weight excluding hydrogens is 360 g/mol. The predicted octanol–water partition coefficient (Wildman–Crippen LogP) is 3.82. The fourth-order valence-corrected chi connectivity index (χ4v) is 3.30. The zero-order valence-electron chi connectivity index (χ0n) is 14.7. The van der Waals surface area contributed by atoms with E-state index < -0.39 is 0 Å². The van der Waals surface area contributed by atoms with E-state index in [1.807, 2.05) is 12.1 Å². The summed E-state index contributed by atoms with van der Waals surface area (Å²) in [7, 11) is 0. The van der Waals surface area contributed by atoms with Crippen LogP contribution in [0.15, 0.2) is 64.3 Å². The molecule has 4 aromatic rings. The Morgan fingerprint density at radius 3 is 2.68 bits per heavy atom. The number of aromatic hydroxyl groups is 1. The molecule has 1 aliphatic carbocycles. The highest BCUT2D eigenvalue weighted by atomic mass is 16.5. The normalized spacial score (nSPS) is 18.6. The fraction of sp³-hybridized carbons (Fsp3) is 0.200. The smallest absolute Gasteiger partial charge is 0.252 e. The van der Waals surface area contributed by atoms with E-state index in [4.69, 9.17) is 13.7 Å². The second-order valence-electron chi connectivity index (χ2n) is 6.69. The molecule has 1 fully saturated rings. The quantitative estimate of drug-likeness (QED) is 0.560. The van der Waals surface area contributed by atoms with Crippen LogP contribution in [0.2, 0.25) is 0 Å². The molecule has 0 aliphatic heterocycles. The summed E-state index contributed by atoms with van der Waals surface area (Å²) in [6.45, 7) is 0. The highest BCUT2D eigenvalue weighted by Gasteiger charge is 2.32. The van der Waals surface area contributed by atoms with Gasteiger partial charge in [-0.1, -0.05) is 18.2 Å². The van der Waals surface area contributed by atoms with Gasteiger partial charge in [-0.2, -0.15) is 0 Å². The van der Waals surface area contributed by atoms with Gasteiger partial charge < -0.3 is 18.8 Å². The molecule has 3 aromatic heterocycles. The van der Waals surface area contributed by atoms with Crippen LogP contribution in [0.1, 0.15) is 24.3 Å². The van der Waals surface area contributed by atoms with Crippen LogP contribution in [0.4, 0.5) is 0 Å². The molecule has 1 aliphatic rings. The van der Waals surface area contributed by atoms with Crippen LogP contribution < -0.4 is 4.74 Å². The van der Waals surface area contributed by atoms with E-state index >= 15 is 0 Å². The van der Waals surface area contributed by atoms with E-state index in [2.05, 4.69) is 32.2 Å². The highest BCUT2D eigenvalue weighted by molar-refractivity contribution is 5.57. The van der Waals surface area contributed by atoms with Crippen molar-refractivity contribution in [2.75, 3.05) is 0 Å². The molecule has 0 radical (unpaired) electrons. The average molecular weight is 376 g/mol. The summed E-state index contributed by atoms with van der Waals surface area (Å²) < 4.78 is 16.2. The lowest BCUT2D eigenvalue weighted by Crippen LogP contribution is -2.32. The first-order chi connectivity index (χ1) is 13.7. The van der Waals surface area contributed by atoms with Crippen LogP contribution in [-0.2, 0) is 0 Å². The summed E-state index contributed by atoms with van der Waals surface area (Å²) in [5, 5.41) is 12.6. The van der Waals surface area contributed by atoms with Crippen molar-refractivity contribution in [3.8, 4) is 34.5 Å². The molecule has 5 rings (SSSR count). The zero-order chi connectivity index (χ0) is 18.9. The standard InChI is InChI=1S/C20H16N4O4/c25-19-7-17(28-24-19)16-8-23-20(10-22-16)27-15-5-14(6-15)12-2-1-3-13(4-12)18-9-21-11-26-18/h1-4,7-11,14-15H,5-6H2,(H,24,25)/t14-,15+. The number of nitrogens with zero attached hydrogens (tertiary/aromatic N) is 4. The minimum absolute atomic E-state index is 0.105. The summed E-state index contributed by atoms with van der Waals surface area (Å²) in [6.07, 6.45) is 8.17. The summed E-state index contributed by atoms with van der Waals surface area (Å²) >= 11 is 0. The summed E-state index contributed by atoms with van der Waals surface area (Å²) in [6, 6.07) is 9.70. The van der Waals surface area contributed by atoms with Gasteiger partial charge in [-0.05, 0) is 35.5 Å². The highest BCUT2D eigenvalue weighted by Crippen LogP contribution is 2.40. The molecule has 0 saturated heterocycles. The number of rotatable bonds is 5. The second-order valence-corrected chi connectivity index (χ2v) is 6.69. The van der Waals surface area contributed by atoms with E-state index in [9.17, 15) is 5.11 Å². The van der Waals surface area contributed by atoms with E-state index in [1.165, 1.54) is 24.2 Å². The number of aromatic nitrogens is 4. The van der Waals surface area contributed by atoms with E-state index in [0.29, 0.717) is 23.3 Å². The molecule has 1 aromatic carbocycles. The number of hydrogen-bond donors (Lipinski definition) is 1. The molecule has 1 N–H and O–H groups in total. The molecule has 0 spiro atoms. The van der Waals surface area contributed by atoms with Crippen molar-refractivity contribution in [1.29, 1.82) is 0 Å². The largest absolute Gasteiger partial charge is 0.491 e. The molecule has 8 heteroatoms. The van der Waals surface area contributed by atoms with Gasteiger partial charge >= 0.3 is 0 Å². The van der Waals surface area contributed by atoms with Gasteiger partial charge in [-0.25, -0.2) is 15.0 Å². The lowest BCUT2D eigenvalue weighted by atomic mass is 9.77. The summed E-state index contributed by atoms with van der Waals surface area (Å²) in [5.74, 6) is 1.84.